The van der Waals surface area contributed by atoms with Crippen molar-refractivity contribution >= 4 is 34.7 Å². The summed E-state index contributed by atoms with van der Waals surface area (Å²) < 4.78 is 7.93. The van der Waals surface area contributed by atoms with E-state index in [1.807, 2.05) is 54.9 Å². The normalized spacial score (nSPS) is 12.1. The Morgan fingerprint density at radius 1 is 1.14 bits per heavy atom. The lowest BCUT2D eigenvalue weighted by Crippen LogP contribution is -2.10. The molecular weight excluding hydrogens is 424 g/mol. The van der Waals surface area contributed by atoms with Crippen LogP contribution < -0.4 is 4.74 Å². The largest absolute Gasteiger partial charge is 0.483 e. The molecule has 2 aromatic carbocycles. The van der Waals surface area contributed by atoms with Gasteiger partial charge in [-0.3, -0.25) is 0 Å². The van der Waals surface area contributed by atoms with E-state index in [1.54, 1.807) is 29.2 Å². The Bertz CT molecular complexity index is 1100. The molecule has 5 nitrogen and oxygen atoms in total. The first-order valence-corrected chi connectivity index (χ1v) is 11.3. The van der Waals surface area contributed by atoms with Crippen LogP contribution in [0.3, 0.4) is 0 Å². The van der Waals surface area contributed by atoms with Gasteiger partial charge in [0.15, 0.2) is 17.1 Å². The van der Waals surface area contributed by atoms with E-state index in [0.29, 0.717) is 10.8 Å². The molecule has 2 aromatic heterocycles. The number of halogens is 1. The van der Waals surface area contributed by atoms with Crippen LogP contribution in [0.1, 0.15) is 24.5 Å². The second kappa shape index (κ2) is 8.98. The molecule has 0 spiro atoms. The molecule has 0 N–H and O–H groups in total. The molecule has 4 rings (SSSR count). The van der Waals surface area contributed by atoms with Gasteiger partial charge < -0.3 is 9.30 Å². The first-order chi connectivity index (χ1) is 14.1. The maximum atomic E-state index is 6.03. The Morgan fingerprint density at radius 2 is 1.97 bits per heavy atom. The van der Waals surface area contributed by atoms with E-state index in [1.165, 1.54) is 0 Å². The van der Waals surface area contributed by atoms with Crippen molar-refractivity contribution in [1.29, 1.82) is 0 Å². The van der Waals surface area contributed by atoms with Gasteiger partial charge in [-0.15, -0.1) is 21.5 Å². The van der Waals surface area contributed by atoms with Crippen LogP contribution in [0.5, 0.6) is 5.75 Å². The highest BCUT2D eigenvalue weighted by molar-refractivity contribution is 7.98. The Kier molecular flexibility index (Phi) is 6.18. The van der Waals surface area contributed by atoms with Crippen molar-refractivity contribution in [1.82, 2.24) is 19.7 Å². The summed E-state index contributed by atoms with van der Waals surface area (Å²) in [4.78, 5) is 4.73. The standard InChI is InChI=1S/C21H19ClN4OS2/c1-14(27-18-10-6-9-16(22)11-18)19-24-25-21(26(19)2)29-13-17-12-28-20(23-17)15-7-4-3-5-8-15/h3-12,14H,13H2,1-2H3. The molecule has 8 heteroatoms. The van der Waals surface area contributed by atoms with E-state index in [4.69, 9.17) is 21.3 Å². The first kappa shape index (κ1) is 19.9. The fraction of sp³-hybridized carbons (Fsp3) is 0.190. The van der Waals surface area contributed by atoms with E-state index in [-0.39, 0.29) is 6.10 Å². The highest BCUT2D eigenvalue weighted by atomic mass is 35.5. The molecule has 1 atom stereocenters. The molecule has 0 bridgehead atoms. The number of ether oxygens (including phenoxy) is 1. The molecule has 1 unspecified atom stereocenters. The Hall–Kier alpha value is -2.35. The smallest absolute Gasteiger partial charge is 0.191 e. The third kappa shape index (κ3) is 4.80. The van der Waals surface area contributed by atoms with E-state index < -0.39 is 0 Å². The van der Waals surface area contributed by atoms with Crippen LogP contribution in [0.25, 0.3) is 10.6 Å². The average Bonchev–Trinajstić information content (AvgIpc) is 3.34. The van der Waals surface area contributed by atoms with Crippen LogP contribution in [0.2, 0.25) is 5.02 Å². The van der Waals surface area contributed by atoms with Crippen molar-refractivity contribution in [2.75, 3.05) is 0 Å². The van der Waals surface area contributed by atoms with Crippen LogP contribution >= 0.6 is 34.7 Å². The molecule has 0 aliphatic carbocycles. The second-order valence-electron chi connectivity index (χ2n) is 6.42. The average molecular weight is 443 g/mol. The summed E-state index contributed by atoms with van der Waals surface area (Å²) in [5, 5.41) is 13.2. The molecule has 0 radical (unpaired) electrons. The van der Waals surface area contributed by atoms with E-state index >= 15 is 0 Å². The number of aromatic nitrogens is 4. The Balaban J connectivity index is 1.41. The van der Waals surface area contributed by atoms with Gasteiger partial charge in [-0.05, 0) is 25.1 Å². The molecule has 0 saturated heterocycles. The molecule has 148 valence electrons. The third-order valence-electron chi connectivity index (χ3n) is 4.26. The van der Waals surface area contributed by atoms with E-state index in [9.17, 15) is 0 Å². The second-order valence-corrected chi connectivity index (χ2v) is 8.65. The SMILES string of the molecule is CC(Oc1cccc(Cl)c1)c1nnc(SCc2csc(-c3ccccc3)n2)n1C. The first-order valence-electron chi connectivity index (χ1n) is 9.04. The van der Waals surface area contributed by atoms with Crippen LogP contribution in [0.15, 0.2) is 65.1 Å². The van der Waals surface area contributed by atoms with Gasteiger partial charge in [-0.25, -0.2) is 4.98 Å². The van der Waals surface area contributed by atoms with Gasteiger partial charge in [-0.2, -0.15) is 0 Å². The van der Waals surface area contributed by atoms with Gasteiger partial charge in [0.05, 0.1) is 5.69 Å². The third-order valence-corrected chi connectivity index (χ3v) is 6.49. The highest BCUT2D eigenvalue weighted by Crippen LogP contribution is 2.29. The summed E-state index contributed by atoms with van der Waals surface area (Å²) in [5.41, 5.74) is 2.17. The van der Waals surface area contributed by atoms with Crippen LogP contribution in [0.4, 0.5) is 0 Å². The molecule has 2 heterocycles. The summed E-state index contributed by atoms with van der Waals surface area (Å²) >= 11 is 9.30. The maximum Gasteiger partial charge on any atom is 0.191 e. The van der Waals surface area contributed by atoms with Gasteiger partial charge in [-0.1, -0.05) is 59.8 Å². The minimum absolute atomic E-state index is 0.246. The van der Waals surface area contributed by atoms with Crippen molar-refractivity contribution in [3.8, 4) is 16.3 Å². The van der Waals surface area contributed by atoms with Crippen molar-refractivity contribution in [3.05, 3.63) is 76.5 Å². The topological polar surface area (TPSA) is 52.8 Å². The number of hydrogen-bond acceptors (Lipinski definition) is 6. The molecule has 0 saturated carbocycles. The maximum absolute atomic E-state index is 6.03. The minimum atomic E-state index is -0.246. The fourth-order valence-electron chi connectivity index (χ4n) is 2.83. The summed E-state index contributed by atoms with van der Waals surface area (Å²) in [7, 11) is 1.95. The summed E-state index contributed by atoms with van der Waals surface area (Å²) in [6, 6.07) is 17.6. The van der Waals surface area contributed by atoms with Crippen molar-refractivity contribution in [2.45, 2.75) is 23.9 Å². The van der Waals surface area contributed by atoms with Gasteiger partial charge in [0, 0.05) is 28.8 Å². The zero-order valence-corrected chi connectivity index (χ0v) is 18.3. The molecule has 4 aromatic rings. The quantitative estimate of drug-likeness (QED) is 0.327. The van der Waals surface area contributed by atoms with Crippen LogP contribution in [-0.2, 0) is 12.8 Å². The highest BCUT2D eigenvalue weighted by Gasteiger charge is 2.18. The molecule has 0 amide bonds. The monoisotopic (exact) mass is 442 g/mol. The molecule has 29 heavy (non-hydrogen) atoms. The predicted octanol–water partition coefficient (Wildman–Crippen LogP) is 6.02. The zero-order valence-electron chi connectivity index (χ0n) is 15.9. The van der Waals surface area contributed by atoms with Gasteiger partial charge in [0.25, 0.3) is 0 Å². The molecular formula is C21H19ClN4OS2. The van der Waals surface area contributed by atoms with Crippen LogP contribution in [0, 0.1) is 0 Å². The van der Waals surface area contributed by atoms with Gasteiger partial charge >= 0.3 is 0 Å². The summed E-state index contributed by atoms with van der Waals surface area (Å²) in [6.45, 7) is 1.95. The predicted molar refractivity (Wildman–Crippen MR) is 119 cm³/mol. The zero-order chi connectivity index (χ0) is 20.2. The van der Waals surface area contributed by atoms with Crippen molar-refractivity contribution in [2.24, 2.45) is 7.05 Å². The number of hydrogen-bond donors (Lipinski definition) is 0. The Morgan fingerprint density at radius 3 is 2.76 bits per heavy atom. The Labute approximate surface area is 182 Å². The lowest BCUT2D eigenvalue weighted by atomic mass is 10.2. The fourth-order valence-corrected chi connectivity index (χ4v) is 4.75. The lowest BCUT2D eigenvalue weighted by Gasteiger charge is -2.14. The molecule has 0 aliphatic heterocycles. The number of nitrogens with zero attached hydrogens (tertiary/aromatic N) is 4. The lowest BCUT2D eigenvalue weighted by molar-refractivity contribution is 0.211. The number of thioether (sulfide) groups is 1. The van der Waals surface area contributed by atoms with Crippen LogP contribution in [-0.4, -0.2) is 19.7 Å². The van der Waals surface area contributed by atoms with Gasteiger partial charge in [0.1, 0.15) is 10.8 Å². The van der Waals surface area contributed by atoms with E-state index in [2.05, 4.69) is 27.7 Å². The molecule has 0 aliphatic rings. The van der Waals surface area contributed by atoms with Crippen molar-refractivity contribution < 1.29 is 4.74 Å². The summed E-state index contributed by atoms with van der Waals surface area (Å²) in [5.74, 6) is 2.20. The number of thiazole rings is 1. The minimum Gasteiger partial charge on any atom is -0.483 e. The molecule has 0 fully saturated rings. The van der Waals surface area contributed by atoms with Gasteiger partial charge in [0.2, 0.25) is 0 Å². The summed E-state index contributed by atoms with van der Waals surface area (Å²) in [6.07, 6.45) is -0.246. The number of benzene rings is 2. The van der Waals surface area contributed by atoms with E-state index in [0.717, 1.165) is 33.0 Å². The number of rotatable bonds is 7. The van der Waals surface area contributed by atoms with Crippen molar-refractivity contribution in [3.63, 3.8) is 0 Å².